The Bertz CT molecular complexity index is 614. The molecule has 2 aromatic rings. The highest BCUT2D eigenvalue weighted by Crippen LogP contribution is 2.23. The summed E-state index contributed by atoms with van der Waals surface area (Å²) in [4.78, 5) is 9.15. The second kappa shape index (κ2) is 7.62. The fraction of sp³-hybridized carbons (Fsp3) is 0.375. The van der Waals surface area contributed by atoms with Crippen LogP contribution in [-0.4, -0.2) is 16.5 Å². The van der Waals surface area contributed by atoms with Gasteiger partial charge in [-0.05, 0) is 30.5 Å². The van der Waals surface area contributed by atoms with E-state index in [1.54, 1.807) is 6.07 Å². The third-order valence-corrected chi connectivity index (χ3v) is 3.83. The van der Waals surface area contributed by atoms with Gasteiger partial charge in [-0.15, -0.1) is 0 Å². The van der Waals surface area contributed by atoms with Crippen LogP contribution in [0.3, 0.4) is 0 Å². The first-order chi connectivity index (χ1) is 10.1. The van der Waals surface area contributed by atoms with Crippen LogP contribution in [0.15, 0.2) is 24.3 Å². The molecule has 0 spiro atoms. The van der Waals surface area contributed by atoms with Gasteiger partial charge in [0, 0.05) is 24.7 Å². The topological polar surface area (TPSA) is 37.8 Å². The van der Waals surface area contributed by atoms with E-state index < -0.39 is 0 Å². The van der Waals surface area contributed by atoms with E-state index in [-0.39, 0.29) is 0 Å². The summed E-state index contributed by atoms with van der Waals surface area (Å²) in [7, 11) is 0. The molecule has 3 nitrogen and oxygen atoms in total. The van der Waals surface area contributed by atoms with Crippen LogP contribution >= 0.6 is 23.2 Å². The van der Waals surface area contributed by atoms with Crippen molar-refractivity contribution in [2.45, 2.75) is 33.1 Å². The van der Waals surface area contributed by atoms with Crippen molar-refractivity contribution in [3.05, 3.63) is 51.4 Å². The average molecular weight is 324 g/mol. The lowest BCUT2D eigenvalue weighted by Gasteiger charge is -2.09. The standard InChI is InChI=1S/C16H19Cl2N3/c1-3-7-19-15-10-12(4-2)20-16(21-15)9-11-5-6-13(17)14(18)8-11/h5-6,8,10H,3-4,7,9H2,1-2H3,(H,19,20,21). The highest BCUT2D eigenvalue weighted by atomic mass is 35.5. The van der Waals surface area contributed by atoms with Gasteiger partial charge in [-0.3, -0.25) is 0 Å². The number of hydrogen-bond donors (Lipinski definition) is 1. The van der Waals surface area contributed by atoms with Crippen LogP contribution in [0, 0.1) is 0 Å². The van der Waals surface area contributed by atoms with Crippen molar-refractivity contribution in [3.8, 4) is 0 Å². The number of aryl methyl sites for hydroxylation is 1. The molecule has 0 atom stereocenters. The Hall–Kier alpha value is -1.32. The van der Waals surface area contributed by atoms with E-state index in [1.165, 1.54) is 0 Å². The molecule has 0 amide bonds. The van der Waals surface area contributed by atoms with E-state index >= 15 is 0 Å². The number of benzene rings is 1. The lowest BCUT2D eigenvalue weighted by Crippen LogP contribution is -2.07. The summed E-state index contributed by atoms with van der Waals surface area (Å²) >= 11 is 12.0. The van der Waals surface area contributed by atoms with Gasteiger partial charge in [0.25, 0.3) is 0 Å². The van der Waals surface area contributed by atoms with E-state index in [0.717, 1.165) is 42.3 Å². The number of aromatic nitrogens is 2. The summed E-state index contributed by atoms with van der Waals surface area (Å²) in [6.07, 6.45) is 2.59. The Balaban J connectivity index is 2.23. The summed E-state index contributed by atoms with van der Waals surface area (Å²) < 4.78 is 0. The zero-order valence-electron chi connectivity index (χ0n) is 12.3. The number of rotatable bonds is 6. The Kier molecular flexibility index (Phi) is 5.83. The van der Waals surface area contributed by atoms with Crippen molar-refractivity contribution in [1.82, 2.24) is 9.97 Å². The van der Waals surface area contributed by atoms with Gasteiger partial charge in [0.05, 0.1) is 10.0 Å². The first-order valence-electron chi connectivity index (χ1n) is 7.17. The quantitative estimate of drug-likeness (QED) is 0.832. The minimum absolute atomic E-state index is 0.560. The van der Waals surface area contributed by atoms with Gasteiger partial charge in [0.15, 0.2) is 0 Å². The first-order valence-corrected chi connectivity index (χ1v) is 7.92. The number of nitrogens with one attached hydrogen (secondary N) is 1. The van der Waals surface area contributed by atoms with E-state index in [0.29, 0.717) is 16.5 Å². The molecule has 5 heteroatoms. The molecule has 1 aromatic carbocycles. The molecule has 0 aliphatic carbocycles. The van der Waals surface area contributed by atoms with Gasteiger partial charge in [-0.2, -0.15) is 0 Å². The SMILES string of the molecule is CCCNc1cc(CC)nc(Cc2ccc(Cl)c(Cl)c2)n1. The van der Waals surface area contributed by atoms with Crippen LogP contribution in [0.5, 0.6) is 0 Å². The van der Waals surface area contributed by atoms with E-state index in [1.807, 2.05) is 18.2 Å². The predicted molar refractivity (Wildman–Crippen MR) is 89.5 cm³/mol. The molecule has 0 fully saturated rings. The molecule has 0 aliphatic heterocycles. The number of halogens is 2. The zero-order valence-corrected chi connectivity index (χ0v) is 13.8. The summed E-state index contributed by atoms with van der Waals surface area (Å²) in [5.74, 6) is 1.69. The fourth-order valence-corrected chi connectivity index (χ4v) is 2.31. The van der Waals surface area contributed by atoms with Crippen molar-refractivity contribution in [3.63, 3.8) is 0 Å². The molecule has 0 aliphatic rings. The molecule has 0 unspecified atom stereocenters. The Morgan fingerprint density at radius 3 is 2.52 bits per heavy atom. The highest BCUT2D eigenvalue weighted by molar-refractivity contribution is 6.42. The molecule has 21 heavy (non-hydrogen) atoms. The normalized spacial score (nSPS) is 10.7. The van der Waals surface area contributed by atoms with Crippen LogP contribution in [0.25, 0.3) is 0 Å². The van der Waals surface area contributed by atoms with Crippen molar-refractivity contribution >= 4 is 29.0 Å². The second-order valence-electron chi connectivity index (χ2n) is 4.87. The predicted octanol–water partition coefficient (Wildman–Crippen LogP) is 4.76. The third-order valence-electron chi connectivity index (χ3n) is 3.09. The maximum atomic E-state index is 6.05. The fourth-order valence-electron chi connectivity index (χ4n) is 1.99. The number of nitrogens with zero attached hydrogens (tertiary/aromatic N) is 2. The largest absolute Gasteiger partial charge is 0.370 e. The number of anilines is 1. The van der Waals surface area contributed by atoms with Gasteiger partial charge in [0.1, 0.15) is 11.6 Å². The lowest BCUT2D eigenvalue weighted by atomic mass is 10.1. The van der Waals surface area contributed by atoms with Crippen LogP contribution < -0.4 is 5.32 Å². The van der Waals surface area contributed by atoms with Gasteiger partial charge in [-0.1, -0.05) is 43.1 Å². The lowest BCUT2D eigenvalue weighted by molar-refractivity contribution is 0.892. The van der Waals surface area contributed by atoms with Crippen molar-refractivity contribution in [2.24, 2.45) is 0 Å². The van der Waals surface area contributed by atoms with Crippen LogP contribution in [-0.2, 0) is 12.8 Å². The van der Waals surface area contributed by atoms with E-state index in [9.17, 15) is 0 Å². The molecule has 112 valence electrons. The molecule has 0 bridgehead atoms. The molecule has 0 saturated carbocycles. The Morgan fingerprint density at radius 1 is 1.05 bits per heavy atom. The minimum Gasteiger partial charge on any atom is -0.370 e. The maximum Gasteiger partial charge on any atom is 0.135 e. The second-order valence-corrected chi connectivity index (χ2v) is 5.68. The summed E-state index contributed by atoms with van der Waals surface area (Å²) in [6.45, 7) is 5.13. The maximum absolute atomic E-state index is 6.05. The average Bonchev–Trinajstić information content (AvgIpc) is 2.48. The minimum atomic E-state index is 0.560. The van der Waals surface area contributed by atoms with Crippen LogP contribution in [0.1, 0.15) is 37.4 Å². The molecular weight excluding hydrogens is 305 g/mol. The van der Waals surface area contributed by atoms with E-state index in [4.69, 9.17) is 23.2 Å². The molecule has 0 radical (unpaired) electrons. The number of hydrogen-bond acceptors (Lipinski definition) is 3. The van der Waals surface area contributed by atoms with Crippen molar-refractivity contribution < 1.29 is 0 Å². The summed E-state index contributed by atoms with van der Waals surface area (Å²) in [6, 6.07) is 7.63. The van der Waals surface area contributed by atoms with Gasteiger partial charge in [0.2, 0.25) is 0 Å². The highest BCUT2D eigenvalue weighted by Gasteiger charge is 2.06. The van der Waals surface area contributed by atoms with Crippen molar-refractivity contribution in [2.75, 3.05) is 11.9 Å². The van der Waals surface area contributed by atoms with Gasteiger partial charge < -0.3 is 5.32 Å². The molecule has 1 aromatic heterocycles. The molecule has 1 heterocycles. The molecule has 2 rings (SSSR count). The third kappa shape index (κ3) is 4.58. The summed E-state index contributed by atoms with van der Waals surface area (Å²) in [5.41, 5.74) is 2.10. The monoisotopic (exact) mass is 323 g/mol. The van der Waals surface area contributed by atoms with E-state index in [2.05, 4.69) is 29.1 Å². The van der Waals surface area contributed by atoms with Crippen LogP contribution in [0.4, 0.5) is 5.82 Å². The molecule has 0 saturated heterocycles. The zero-order chi connectivity index (χ0) is 15.2. The van der Waals surface area contributed by atoms with Crippen LogP contribution in [0.2, 0.25) is 10.0 Å². The Morgan fingerprint density at radius 2 is 1.86 bits per heavy atom. The first kappa shape index (κ1) is 16.1. The van der Waals surface area contributed by atoms with Gasteiger partial charge in [-0.25, -0.2) is 9.97 Å². The molecular formula is C16H19Cl2N3. The van der Waals surface area contributed by atoms with Gasteiger partial charge >= 0.3 is 0 Å². The van der Waals surface area contributed by atoms with Crippen molar-refractivity contribution in [1.29, 1.82) is 0 Å². The molecule has 1 N–H and O–H groups in total. The smallest absolute Gasteiger partial charge is 0.135 e. The summed E-state index contributed by atoms with van der Waals surface area (Å²) in [5, 5.41) is 4.44. The Labute approximate surface area is 135 Å².